The number of rotatable bonds is 4. The molecule has 0 saturated carbocycles. The zero-order valence-electron chi connectivity index (χ0n) is 11.3. The first-order valence-electron chi connectivity index (χ1n) is 6.25. The molecule has 1 aromatic carbocycles. The van der Waals surface area contributed by atoms with Crippen LogP contribution in [0.4, 0.5) is 0 Å². The predicted octanol–water partition coefficient (Wildman–Crippen LogP) is 0.331. The molecule has 1 fully saturated rings. The van der Waals surface area contributed by atoms with Crippen molar-refractivity contribution in [2.45, 2.75) is 18.6 Å². The van der Waals surface area contributed by atoms with Crippen molar-refractivity contribution in [3.63, 3.8) is 0 Å². The Hall–Kier alpha value is -1.93. The summed E-state index contributed by atoms with van der Waals surface area (Å²) in [6.45, 7) is -0.0717. The van der Waals surface area contributed by atoms with Crippen LogP contribution in [-0.2, 0) is 19.1 Å². The van der Waals surface area contributed by atoms with E-state index in [0.717, 1.165) is 11.2 Å². The van der Waals surface area contributed by atoms with E-state index in [-0.39, 0.29) is 13.0 Å². The van der Waals surface area contributed by atoms with E-state index in [1.54, 1.807) is 30.3 Å². The first kappa shape index (κ1) is 15.5. The first-order valence-corrected chi connectivity index (χ1v) is 8.06. The third-order valence-corrected chi connectivity index (χ3v) is 3.76. The zero-order valence-corrected chi connectivity index (χ0v) is 12.1. The van der Waals surface area contributed by atoms with Crippen LogP contribution in [0.1, 0.15) is 16.8 Å². The molecule has 8 heteroatoms. The number of nitrogens with zero attached hydrogens (tertiary/aromatic N) is 1. The lowest BCUT2D eigenvalue weighted by Gasteiger charge is -2.21. The number of carboxylic acids is 1. The number of hydrogen-bond acceptors (Lipinski definition) is 5. The van der Waals surface area contributed by atoms with Gasteiger partial charge in [-0.25, -0.2) is 4.79 Å². The van der Waals surface area contributed by atoms with Gasteiger partial charge in [-0.2, -0.15) is 8.42 Å². The summed E-state index contributed by atoms with van der Waals surface area (Å²) >= 11 is 0. The van der Waals surface area contributed by atoms with Gasteiger partial charge in [-0.3, -0.25) is 8.98 Å². The molecule has 114 valence electrons. The second-order valence-corrected chi connectivity index (χ2v) is 6.44. The molecule has 0 radical (unpaired) electrons. The summed E-state index contributed by atoms with van der Waals surface area (Å²) in [7, 11) is -3.70. The summed E-state index contributed by atoms with van der Waals surface area (Å²) in [5.41, 5.74) is 0.351. The number of carbonyl (C=O) groups excluding carboxylic acids is 1. The van der Waals surface area contributed by atoms with Crippen molar-refractivity contribution >= 4 is 22.0 Å². The molecule has 1 aliphatic heterocycles. The molecule has 1 N–H and O–H groups in total. The fraction of sp³-hybridized carbons (Fsp3) is 0.385. The van der Waals surface area contributed by atoms with Crippen LogP contribution in [0.5, 0.6) is 0 Å². The second-order valence-electron chi connectivity index (χ2n) is 4.84. The predicted molar refractivity (Wildman–Crippen MR) is 73.2 cm³/mol. The third kappa shape index (κ3) is 3.79. The van der Waals surface area contributed by atoms with E-state index < -0.39 is 34.1 Å². The lowest BCUT2D eigenvalue weighted by molar-refractivity contribution is -0.141. The molecule has 0 bridgehead atoms. The zero-order chi connectivity index (χ0) is 15.6. The minimum absolute atomic E-state index is 0.0546. The molecule has 1 amide bonds. The van der Waals surface area contributed by atoms with Gasteiger partial charge in [0, 0.05) is 18.5 Å². The molecule has 0 unspecified atom stereocenters. The van der Waals surface area contributed by atoms with Crippen LogP contribution >= 0.6 is 0 Å². The van der Waals surface area contributed by atoms with Crippen LogP contribution in [0, 0.1) is 0 Å². The van der Waals surface area contributed by atoms with Crippen molar-refractivity contribution in [3.05, 3.63) is 35.9 Å². The van der Waals surface area contributed by atoms with Crippen molar-refractivity contribution in [2.75, 3.05) is 12.8 Å². The van der Waals surface area contributed by atoms with E-state index in [0.29, 0.717) is 5.56 Å². The molecule has 0 spiro atoms. The van der Waals surface area contributed by atoms with Gasteiger partial charge in [-0.15, -0.1) is 0 Å². The number of aliphatic carboxylic acids is 1. The number of amides is 1. The van der Waals surface area contributed by atoms with E-state index in [1.807, 2.05) is 0 Å². The summed E-state index contributed by atoms with van der Waals surface area (Å²) in [4.78, 5) is 24.7. The molecular formula is C13H15NO6S. The molecule has 2 rings (SSSR count). The molecule has 2 atom stereocenters. The Kier molecular flexibility index (Phi) is 4.29. The summed E-state index contributed by atoms with van der Waals surface area (Å²) in [6.07, 6.45) is -0.000391. The highest BCUT2D eigenvalue weighted by atomic mass is 32.2. The van der Waals surface area contributed by atoms with Crippen molar-refractivity contribution in [2.24, 2.45) is 0 Å². The van der Waals surface area contributed by atoms with E-state index in [4.69, 9.17) is 4.18 Å². The molecular weight excluding hydrogens is 298 g/mol. The largest absolute Gasteiger partial charge is 0.480 e. The number of benzene rings is 1. The Labute approximate surface area is 122 Å². The van der Waals surface area contributed by atoms with E-state index in [2.05, 4.69) is 0 Å². The Morgan fingerprint density at radius 3 is 2.43 bits per heavy atom. The van der Waals surface area contributed by atoms with E-state index >= 15 is 0 Å². The second kappa shape index (κ2) is 5.82. The highest BCUT2D eigenvalue weighted by molar-refractivity contribution is 7.86. The Morgan fingerprint density at radius 1 is 1.29 bits per heavy atom. The smallest absolute Gasteiger partial charge is 0.326 e. The van der Waals surface area contributed by atoms with Crippen molar-refractivity contribution in [3.8, 4) is 0 Å². The van der Waals surface area contributed by atoms with Gasteiger partial charge < -0.3 is 10.0 Å². The van der Waals surface area contributed by atoms with Gasteiger partial charge in [0.05, 0.1) is 12.4 Å². The molecule has 1 heterocycles. The molecule has 1 aliphatic rings. The average molecular weight is 313 g/mol. The highest BCUT2D eigenvalue weighted by Crippen LogP contribution is 2.24. The maximum Gasteiger partial charge on any atom is 0.326 e. The fourth-order valence-corrected chi connectivity index (χ4v) is 2.95. The molecule has 0 aromatic heterocycles. The topological polar surface area (TPSA) is 101 Å². The molecule has 1 aromatic rings. The van der Waals surface area contributed by atoms with Crippen LogP contribution in [0.15, 0.2) is 30.3 Å². The standard InChI is InChI=1S/C13H15NO6S/c1-21(18,19)20-10-7-11(13(16)17)14(8-10)12(15)9-5-3-2-4-6-9/h2-6,10-11H,7-8H2,1H3,(H,16,17)/t10-,11-/m0/s1. The lowest BCUT2D eigenvalue weighted by atomic mass is 10.1. The lowest BCUT2D eigenvalue weighted by Crippen LogP contribution is -2.40. The van der Waals surface area contributed by atoms with Crippen molar-refractivity contribution in [1.29, 1.82) is 0 Å². The van der Waals surface area contributed by atoms with Gasteiger partial charge in [0.1, 0.15) is 6.04 Å². The van der Waals surface area contributed by atoms with E-state index in [9.17, 15) is 23.1 Å². The number of carboxylic acid groups (broad SMARTS) is 1. The summed E-state index contributed by atoms with van der Waals surface area (Å²) in [5, 5.41) is 9.20. The highest BCUT2D eigenvalue weighted by Gasteiger charge is 2.41. The summed E-state index contributed by atoms with van der Waals surface area (Å²) < 4.78 is 27.1. The van der Waals surface area contributed by atoms with Crippen molar-refractivity contribution < 1.29 is 27.3 Å². The number of likely N-dealkylation sites (tertiary alicyclic amines) is 1. The number of hydrogen-bond donors (Lipinski definition) is 1. The monoisotopic (exact) mass is 313 g/mol. The fourth-order valence-electron chi connectivity index (χ4n) is 2.32. The molecule has 7 nitrogen and oxygen atoms in total. The SMILES string of the molecule is CS(=O)(=O)O[C@H]1C[C@@H](C(=O)O)N(C(=O)c2ccccc2)C1. The van der Waals surface area contributed by atoms with Crippen LogP contribution < -0.4 is 0 Å². The normalized spacial score (nSPS) is 22.2. The van der Waals surface area contributed by atoms with Crippen molar-refractivity contribution in [1.82, 2.24) is 4.90 Å². The van der Waals surface area contributed by atoms with E-state index in [1.165, 1.54) is 0 Å². The van der Waals surface area contributed by atoms with Gasteiger partial charge in [-0.05, 0) is 12.1 Å². The van der Waals surface area contributed by atoms with Crippen LogP contribution in [0.25, 0.3) is 0 Å². The van der Waals surface area contributed by atoms with Gasteiger partial charge in [0.25, 0.3) is 16.0 Å². The summed E-state index contributed by atoms with van der Waals surface area (Å²) in [5.74, 6) is -1.64. The van der Waals surface area contributed by atoms with Gasteiger partial charge in [-0.1, -0.05) is 18.2 Å². The minimum atomic E-state index is -3.70. The maximum atomic E-state index is 12.3. The average Bonchev–Trinajstić information content (AvgIpc) is 2.80. The third-order valence-electron chi connectivity index (χ3n) is 3.14. The Morgan fingerprint density at radius 2 is 1.90 bits per heavy atom. The Balaban J connectivity index is 2.20. The molecule has 0 aliphatic carbocycles. The summed E-state index contributed by atoms with van der Waals surface area (Å²) in [6, 6.07) is 7.14. The number of carbonyl (C=O) groups is 2. The first-order chi connectivity index (χ1) is 9.78. The van der Waals surface area contributed by atoms with Gasteiger partial charge >= 0.3 is 5.97 Å². The van der Waals surface area contributed by atoms with Crippen LogP contribution in [-0.4, -0.2) is 55.2 Å². The van der Waals surface area contributed by atoms with Gasteiger partial charge in [0.15, 0.2) is 0 Å². The van der Waals surface area contributed by atoms with Crippen LogP contribution in [0.2, 0.25) is 0 Å². The molecule has 1 saturated heterocycles. The molecule has 21 heavy (non-hydrogen) atoms. The Bertz CT molecular complexity index is 642. The maximum absolute atomic E-state index is 12.3. The van der Waals surface area contributed by atoms with Crippen LogP contribution in [0.3, 0.4) is 0 Å². The minimum Gasteiger partial charge on any atom is -0.480 e. The van der Waals surface area contributed by atoms with Gasteiger partial charge in [0.2, 0.25) is 0 Å². The quantitative estimate of drug-likeness (QED) is 0.804.